The van der Waals surface area contributed by atoms with Crippen molar-refractivity contribution in [2.24, 2.45) is 12.8 Å². The second-order valence-corrected chi connectivity index (χ2v) is 8.73. The number of imidazole rings is 1. The zero-order valence-corrected chi connectivity index (χ0v) is 19.9. The molecule has 1 unspecified atom stereocenters. The van der Waals surface area contributed by atoms with E-state index in [9.17, 15) is 14.0 Å². The minimum Gasteiger partial charge on any atom is -0.378 e. The van der Waals surface area contributed by atoms with Gasteiger partial charge < -0.3 is 16.8 Å². The van der Waals surface area contributed by atoms with Crippen LogP contribution in [0.5, 0.6) is 0 Å². The monoisotopic (exact) mass is 506 g/mol. The van der Waals surface area contributed by atoms with Crippen molar-refractivity contribution in [2.75, 3.05) is 11.1 Å². The van der Waals surface area contributed by atoms with Crippen LogP contribution >= 0.6 is 11.6 Å². The molecule has 0 radical (unpaired) electrons. The van der Waals surface area contributed by atoms with Crippen molar-refractivity contribution >= 4 is 45.7 Å². The zero-order chi connectivity index (χ0) is 25.7. The number of benzene rings is 2. The number of hydrogen-bond donors (Lipinski definition) is 3. The normalized spacial score (nSPS) is 12.2. The SMILES string of the molecule is CC(Nc1ccc(F)cc1C(N)=O)c1cc(Cl)cc2c(=O)n(C)c3c(-c4cnc(N)nc4)ncn3c12. The Labute approximate surface area is 208 Å². The molecule has 0 aliphatic heterocycles. The number of hydrogen-bond acceptors (Lipinski definition) is 7. The summed E-state index contributed by atoms with van der Waals surface area (Å²) in [5.41, 5.74) is 13.9. The van der Waals surface area contributed by atoms with Crippen LogP contribution in [-0.4, -0.2) is 29.8 Å². The molecule has 182 valence electrons. The van der Waals surface area contributed by atoms with E-state index in [4.69, 9.17) is 23.1 Å². The molecule has 2 aromatic carbocycles. The zero-order valence-electron chi connectivity index (χ0n) is 19.2. The van der Waals surface area contributed by atoms with Crippen molar-refractivity contribution in [3.8, 4) is 11.3 Å². The van der Waals surface area contributed by atoms with Crippen LogP contribution in [-0.2, 0) is 7.05 Å². The van der Waals surface area contributed by atoms with Crippen molar-refractivity contribution in [3.63, 3.8) is 0 Å². The highest BCUT2D eigenvalue weighted by atomic mass is 35.5. The van der Waals surface area contributed by atoms with E-state index in [-0.39, 0.29) is 17.1 Å². The highest BCUT2D eigenvalue weighted by Gasteiger charge is 2.22. The van der Waals surface area contributed by atoms with E-state index in [1.807, 2.05) is 6.92 Å². The van der Waals surface area contributed by atoms with E-state index in [1.165, 1.54) is 29.1 Å². The molecule has 1 atom stereocenters. The molecule has 0 saturated carbocycles. The second kappa shape index (κ2) is 8.61. The number of anilines is 2. The number of nitrogens with zero attached hydrogens (tertiary/aromatic N) is 5. The van der Waals surface area contributed by atoms with E-state index in [2.05, 4.69) is 20.3 Å². The number of rotatable bonds is 5. The Bertz CT molecular complexity index is 1730. The topological polar surface area (TPSA) is 146 Å². The highest BCUT2D eigenvalue weighted by molar-refractivity contribution is 6.31. The Morgan fingerprint density at radius 2 is 1.89 bits per heavy atom. The molecule has 10 nitrogen and oxygen atoms in total. The summed E-state index contributed by atoms with van der Waals surface area (Å²) in [5.74, 6) is -1.24. The summed E-state index contributed by atoms with van der Waals surface area (Å²) in [6, 6.07) is 6.56. The van der Waals surface area contributed by atoms with Crippen LogP contribution < -0.4 is 22.3 Å². The van der Waals surface area contributed by atoms with E-state index >= 15 is 0 Å². The number of aromatic nitrogens is 5. The lowest BCUT2D eigenvalue weighted by atomic mass is 10.0. The summed E-state index contributed by atoms with van der Waals surface area (Å²) >= 11 is 6.41. The fourth-order valence-corrected chi connectivity index (χ4v) is 4.53. The predicted octanol–water partition coefficient (Wildman–Crippen LogP) is 3.29. The highest BCUT2D eigenvalue weighted by Crippen LogP contribution is 2.32. The fourth-order valence-electron chi connectivity index (χ4n) is 4.31. The van der Waals surface area contributed by atoms with Gasteiger partial charge >= 0.3 is 0 Å². The van der Waals surface area contributed by atoms with Crippen molar-refractivity contribution in [2.45, 2.75) is 13.0 Å². The van der Waals surface area contributed by atoms with Gasteiger partial charge in [-0.1, -0.05) is 11.6 Å². The summed E-state index contributed by atoms with van der Waals surface area (Å²) in [6.45, 7) is 1.83. The number of amides is 1. The van der Waals surface area contributed by atoms with Gasteiger partial charge in [0.1, 0.15) is 23.5 Å². The third-order valence-corrected chi connectivity index (χ3v) is 6.19. The molecular weight excluding hydrogens is 487 g/mol. The summed E-state index contributed by atoms with van der Waals surface area (Å²) in [4.78, 5) is 37.9. The van der Waals surface area contributed by atoms with Gasteiger partial charge in [-0.15, -0.1) is 0 Å². The minimum absolute atomic E-state index is 0.00233. The first-order valence-electron chi connectivity index (χ1n) is 10.8. The number of nitrogens with one attached hydrogen (secondary N) is 1. The van der Waals surface area contributed by atoms with Gasteiger partial charge in [0.25, 0.3) is 11.5 Å². The number of primary amides is 1. The fraction of sp³-hybridized carbons (Fsp3) is 0.125. The summed E-state index contributed by atoms with van der Waals surface area (Å²) in [5, 5.41) is 3.92. The van der Waals surface area contributed by atoms with Gasteiger partial charge in [0.05, 0.1) is 22.5 Å². The maximum absolute atomic E-state index is 13.7. The Morgan fingerprint density at radius 1 is 1.17 bits per heavy atom. The molecule has 0 spiro atoms. The van der Waals surface area contributed by atoms with Crippen LogP contribution in [0.4, 0.5) is 16.0 Å². The van der Waals surface area contributed by atoms with E-state index in [1.54, 1.807) is 29.9 Å². The van der Waals surface area contributed by atoms with Crippen LogP contribution in [0.15, 0.2) is 53.8 Å². The van der Waals surface area contributed by atoms with Crippen LogP contribution in [0.1, 0.15) is 28.9 Å². The Balaban J connectivity index is 1.74. The molecule has 0 aliphatic rings. The molecule has 5 aromatic rings. The summed E-state index contributed by atoms with van der Waals surface area (Å²) in [6.07, 6.45) is 4.66. The molecule has 0 aliphatic carbocycles. The number of aryl methyl sites for hydroxylation is 1. The van der Waals surface area contributed by atoms with E-state index in [0.717, 1.165) is 6.07 Å². The molecule has 0 bridgehead atoms. The number of fused-ring (bicyclic) bond motifs is 3. The maximum atomic E-state index is 13.7. The average Bonchev–Trinajstić information content (AvgIpc) is 3.28. The molecule has 3 heterocycles. The molecular formula is C24H20ClFN8O2. The molecule has 0 fully saturated rings. The van der Waals surface area contributed by atoms with Gasteiger partial charge in [-0.2, -0.15) is 0 Å². The Kier molecular flexibility index (Phi) is 5.56. The average molecular weight is 507 g/mol. The van der Waals surface area contributed by atoms with E-state index in [0.29, 0.717) is 44.1 Å². The Morgan fingerprint density at radius 3 is 2.58 bits per heavy atom. The third-order valence-electron chi connectivity index (χ3n) is 5.97. The molecule has 1 amide bonds. The molecule has 36 heavy (non-hydrogen) atoms. The van der Waals surface area contributed by atoms with Gasteiger partial charge in [0, 0.05) is 41.3 Å². The van der Waals surface area contributed by atoms with Crippen molar-refractivity contribution in [1.82, 2.24) is 23.9 Å². The lowest BCUT2D eigenvalue weighted by Gasteiger charge is -2.21. The van der Waals surface area contributed by atoms with Crippen molar-refractivity contribution in [1.29, 1.82) is 0 Å². The van der Waals surface area contributed by atoms with Gasteiger partial charge in [0.2, 0.25) is 5.95 Å². The van der Waals surface area contributed by atoms with Gasteiger partial charge in [0.15, 0.2) is 0 Å². The summed E-state index contributed by atoms with van der Waals surface area (Å²) < 4.78 is 17.0. The summed E-state index contributed by atoms with van der Waals surface area (Å²) in [7, 11) is 1.64. The quantitative estimate of drug-likeness (QED) is 0.331. The molecule has 12 heteroatoms. The van der Waals surface area contributed by atoms with Crippen molar-refractivity contribution in [3.05, 3.63) is 81.4 Å². The first-order valence-corrected chi connectivity index (χ1v) is 11.2. The number of nitrogen functional groups attached to an aromatic ring is 1. The van der Waals surface area contributed by atoms with E-state index < -0.39 is 17.8 Å². The van der Waals surface area contributed by atoms with Crippen LogP contribution in [0, 0.1) is 5.82 Å². The van der Waals surface area contributed by atoms with Gasteiger partial charge in [-0.05, 0) is 37.3 Å². The van der Waals surface area contributed by atoms with Crippen molar-refractivity contribution < 1.29 is 9.18 Å². The third kappa shape index (κ3) is 3.79. The second-order valence-electron chi connectivity index (χ2n) is 8.29. The first kappa shape index (κ1) is 23.2. The first-order chi connectivity index (χ1) is 17.2. The Hall–Kier alpha value is -4.51. The largest absolute Gasteiger partial charge is 0.378 e. The molecule has 5 rings (SSSR count). The lowest BCUT2D eigenvalue weighted by Crippen LogP contribution is -2.22. The standard InChI is InChI=1S/C24H20ClFN8O2/c1-11(32-18-4-3-14(26)7-16(18)21(27)35)15-5-13(25)6-17-20(15)34-10-31-19(22(34)33(2)23(17)36)12-8-29-24(28)30-9-12/h3-11,32H,1-2H3,(H2,27,35)(H2,28,29,30). The smallest absolute Gasteiger partial charge is 0.261 e. The maximum Gasteiger partial charge on any atom is 0.261 e. The number of carbonyl (C=O) groups excluding carboxylic acids is 1. The van der Waals surface area contributed by atoms with Crippen LogP contribution in [0.25, 0.3) is 27.8 Å². The number of nitrogens with two attached hydrogens (primary N) is 2. The van der Waals surface area contributed by atoms with Crippen LogP contribution in [0.3, 0.4) is 0 Å². The minimum atomic E-state index is -0.777. The van der Waals surface area contributed by atoms with Crippen LogP contribution in [0.2, 0.25) is 5.02 Å². The molecule has 5 N–H and O–H groups in total. The number of carbonyl (C=O) groups is 1. The molecule has 0 saturated heterocycles. The van der Waals surface area contributed by atoms with Gasteiger partial charge in [-0.25, -0.2) is 19.3 Å². The molecule has 3 aromatic heterocycles. The van der Waals surface area contributed by atoms with Gasteiger partial charge in [-0.3, -0.25) is 18.6 Å². The predicted molar refractivity (Wildman–Crippen MR) is 135 cm³/mol. The number of halogens is 2. The lowest BCUT2D eigenvalue weighted by molar-refractivity contribution is 0.100.